The van der Waals surface area contributed by atoms with Crippen molar-refractivity contribution in [2.45, 2.75) is 38.6 Å². The Kier molecular flexibility index (Phi) is 5.50. The summed E-state index contributed by atoms with van der Waals surface area (Å²) in [6, 6.07) is 0.628. The van der Waals surface area contributed by atoms with E-state index in [-0.39, 0.29) is 0 Å². The first-order valence-corrected chi connectivity index (χ1v) is 8.84. The molecule has 2 aliphatic rings. The van der Waals surface area contributed by atoms with Gasteiger partial charge in [0.15, 0.2) is 11.8 Å². The first-order chi connectivity index (χ1) is 11.7. The molecule has 0 spiro atoms. The molecular formula is C17H28N6O. The lowest BCUT2D eigenvalue weighted by atomic mass is 10.2. The fourth-order valence-corrected chi connectivity index (χ4v) is 3.24. The van der Waals surface area contributed by atoms with Crippen LogP contribution in [0.15, 0.2) is 21.7 Å². The van der Waals surface area contributed by atoms with Crippen LogP contribution in [0.3, 0.4) is 0 Å². The molecule has 24 heavy (non-hydrogen) atoms. The number of nitrogens with zero attached hydrogens (tertiary/aromatic N) is 5. The van der Waals surface area contributed by atoms with Crippen molar-refractivity contribution in [3.05, 3.63) is 23.9 Å². The molecule has 1 saturated heterocycles. The molecule has 1 fully saturated rings. The highest BCUT2D eigenvalue weighted by atomic mass is 16.5. The highest BCUT2D eigenvalue weighted by molar-refractivity contribution is 5.80. The number of guanidine groups is 1. The van der Waals surface area contributed by atoms with Crippen LogP contribution in [-0.2, 0) is 6.42 Å². The second-order valence-corrected chi connectivity index (χ2v) is 6.74. The van der Waals surface area contributed by atoms with Gasteiger partial charge in [0.05, 0.1) is 0 Å². The monoisotopic (exact) mass is 332 g/mol. The van der Waals surface area contributed by atoms with Crippen LogP contribution in [0.2, 0.25) is 0 Å². The van der Waals surface area contributed by atoms with E-state index in [0.717, 1.165) is 44.5 Å². The first-order valence-electron chi connectivity index (χ1n) is 8.84. The van der Waals surface area contributed by atoms with Gasteiger partial charge in [0.1, 0.15) is 0 Å². The molecule has 0 amide bonds. The Morgan fingerprint density at radius 1 is 1.42 bits per heavy atom. The van der Waals surface area contributed by atoms with E-state index in [9.17, 15) is 0 Å². The van der Waals surface area contributed by atoms with Gasteiger partial charge < -0.3 is 14.7 Å². The number of nitrogens with one attached hydrogen (secondary N) is 1. The third kappa shape index (κ3) is 3.95. The lowest BCUT2D eigenvalue weighted by molar-refractivity contribution is 0.259. The quantitative estimate of drug-likeness (QED) is 0.497. The maximum Gasteiger partial charge on any atom is 0.228 e. The van der Waals surface area contributed by atoms with E-state index >= 15 is 0 Å². The van der Waals surface area contributed by atoms with Crippen LogP contribution in [0.5, 0.6) is 0 Å². The van der Waals surface area contributed by atoms with Gasteiger partial charge in [-0.1, -0.05) is 31.2 Å². The fraction of sp³-hybridized carbons (Fsp3) is 0.706. The highest BCUT2D eigenvalue weighted by Crippen LogP contribution is 2.17. The number of likely N-dealkylation sites (tertiary alicyclic amines) is 1. The summed E-state index contributed by atoms with van der Waals surface area (Å²) in [6.07, 6.45) is 6.42. The van der Waals surface area contributed by atoms with Crippen LogP contribution in [0, 0.1) is 0 Å². The van der Waals surface area contributed by atoms with Crippen LogP contribution >= 0.6 is 0 Å². The van der Waals surface area contributed by atoms with Gasteiger partial charge in [0.2, 0.25) is 5.89 Å². The van der Waals surface area contributed by atoms with Gasteiger partial charge in [-0.15, -0.1) is 0 Å². The molecule has 0 radical (unpaired) electrons. The lowest BCUT2D eigenvalue weighted by Crippen LogP contribution is -2.43. The van der Waals surface area contributed by atoms with Crippen molar-refractivity contribution in [1.29, 1.82) is 0 Å². The standard InChI is InChI=1S/C17H28N6O/c1-13(2)16-20-15(24-21-16)6-8-19-17(18-3)23-11-7-14(12-23)22-9-4-5-10-22/h4-5,13-14H,6-12H2,1-3H3,(H,18,19). The predicted octanol–water partition coefficient (Wildman–Crippen LogP) is 1.26. The molecule has 7 heteroatoms. The summed E-state index contributed by atoms with van der Waals surface area (Å²) in [5.74, 6) is 2.72. The van der Waals surface area contributed by atoms with Gasteiger partial charge in [-0.3, -0.25) is 9.89 Å². The maximum atomic E-state index is 5.28. The first kappa shape index (κ1) is 17.0. The number of rotatable bonds is 5. The van der Waals surface area contributed by atoms with E-state index in [1.165, 1.54) is 6.42 Å². The molecule has 3 heterocycles. The Morgan fingerprint density at radius 3 is 2.88 bits per heavy atom. The molecular weight excluding hydrogens is 304 g/mol. The summed E-state index contributed by atoms with van der Waals surface area (Å²) < 4.78 is 5.28. The Labute approximate surface area is 143 Å². The van der Waals surface area contributed by atoms with Crippen LogP contribution in [0.4, 0.5) is 0 Å². The highest BCUT2D eigenvalue weighted by Gasteiger charge is 2.29. The number of hydrogen-bond donors (Lipinski definition) is 1. The zero-order chi connectivity index (χ0) is 16.9. The Hall–Kier alpha value is -1.89. The third-order valence-corrected chi connectivity index (χ3v) is 4.66. The van der Waals surface area contributed by atoms with E-state index < -0.39 is 0 Å². The molecule has 3 rings (SSSR count). The summed E-state index contributed by atoms with van der Waals surface area (Å²) in [4.78, 5) is 13.7. The minimum absolute atomic E-state index is 0.296. The van der Waals surface area contributed by atoms with Gasteiger partial charge in [-0.2, -0.15) is 4.98 Å². The van der Waals surface area contributed by atoms with Crippen molar-refractivity contribution in [2.75, 3.05) is 39.8 Å². The summed E-state index contributed by atoms with van der Waals surface area (Å²) in [6.45, 7) is 9.14. The van der Waals surface area contributed by atoms with Crippen molar-refractivity contribution in [2.24, 2.45) is 4.99 Å². The van der Waals surface area contributed by atoms with Crippen LogP contribution in [0.1, 0.15) is 37.9 Å². The zero-order valence-corrected chi connectivity index (χ0v) is 14.9. The largest absolute Gasteiger partial charge is 0.356 e. The van der Waals surface area contributed by atoms with Gasteiger partial charge >= 0.3 is 0 Å². The summed E-state index contributed by atoms with van der Waals surface area (Å²) in [5, 5.41) is 7.42. The van der Waals surface area contributed by atoms with Crippen molar-refractivity contribution in [1.82, 2.24) is 25.3 Å². The van der Waals surface area contributed by atoms with Crippen molar-refractivity contribution in [3.8, 4) is 0 Å². The van der Waals surface area contributed by atoms with Crippen molar-refractivity contribution >= 4 is 5.96 Å². The topological polar surface area (TPSA) is 69.8 Å². The Morgan fingerprint density at radius 2 is 2.21 bits per heavy atom. The average molecular weight is 332 g/mol. The van der Waals surface area contributed by atoms with E-state index in [4.69, 9.17) is 4.52 Å². The van der Waals surface area contributed by atoms with Crippen molar-refractivity contribution in [3.63, 3.8) is 0 Å². The van der Waals surface area contributed by atoms with Crippen LogP contribution in [-0.4, -0.2) is 71.7 Å². The molecule has 7 nitrogen and oxygen atoms in total. The summed E-state index contributed by atoms with van der Waals surface area (Å²) in [7, 11) is 1.84. The molecule has 2 aliphatic heterocycles. The van der Waals surface area contributed by atoms with Crippen LogP contribution in [0.25, 0.3) is 0 Å². The molecule has 132 valence electrons. The Balaban J connectivity index is 1.45. The summed E-state index contributed by atoms with van der Waals surface area (Å²) >= 11 is 0. The Bertz CT molecular complexity index is 586. The van der Waals surface area contributed by atoms with Gasteiger partial charge in [0.25, 0.3) is 0 Å². The van der Waals surface area contributed by atoms with Crippen molar-refractivity contribution < 1.29 is 4.52 Å². The molecule has 0 aliphatic carbocycles. The van der Waals surface area contributed by atoms with E-state index in [1.54, 1.807) is 0 Å². The molecule has 1 aromatic rings. The normalized spacial score (nSPS) is 22.1. The lowest BCUT2D eigenvalue weighted by Gasteiger charge is -2.25. The zero-order valence-electron chi connectivity index (χ0n) is 14.9. The SMILES string of the molecule is CN=C(NCCc1nc(C(C)C)no1)N1CCC(N2CC=CC2)C1. The van der Waals surface area contributed by atoms with Gasteiger partial charge in [0, 0.05) is 58.2 Å². The van der Waals surface area contributed by atoms with Crippen LogP contribution < -0.4 is 5.32 Å². The molecule has 0 aromatic carbocycles. The van der Waals surface area contributed by atoms with Gasteiger partial charge in [-0.05, 0) is 6.42 Å². The molecule has 1 aromatic heterocycles. The predicted molar refractivity (Wildman–Crippen MR) is 94.1 cm³/mol. The van der Waals surface area contributed by atoms with Gasteiger partial charge in [-0.25, -0.2) is 0 Å². The van der Waals surface area contributed by atoms with E-state index in [2.05, 4.69) is 56.2 Å². The number of hydrogen-bond acceptors (Lipinski definition) is 5. The third-order valence-electron chi connectivity index (χ3n) is 4.66. The molecule has 1 unspecified atom stereocenters. The molecule has 0 bridgehead atoms. The molecule has 1 atom stereocenters. The minimum Gasteiger partial charge on any atom is -0.356 e. The average Bonchev–Trinajstić information content (AvgIpc) is 3.32. The fourth-order valence-electron chi connectivity index (χ4n) is 3.24. The van der Waals surface area contributed by atoms with E-state index in [1.807, 2.05) is 7.05 Å². The number of aliphatic imine (C=N–C) groups is 1. The maximum absolute atomic E-state index is 5.28. The minimum atomic E-state index is 0.296. The van der Waals surface area contributed by atoms with E-state index in [0.29, 0.717) is 24.3 Å². The summed E-state index contributed by atoms with van der Waals surface area (Å²) in [5.41, 5.74) is 0. The molecule has 0 saturated carbocycles. The second-order valence-electron chi connectivity index (χ2n) is 6.74. The molecule has 1 N–H and O–H groups in total. The second kappa shape index (κ2) is 7.79. The number of aromatic nitrogens is 2. The smallest absolute Gasteiger partial charge is 0.228 e.